The molecule has 1 spiro atoms. The third-order valence-electron chi connectivity index (χ3n) is 15.0. The fourth-order valence-electron chi connectivity index (χ4n) is 13.2. The minimum absolute atomic E-state index is 0.0123. The number of benzene rings is 1. The van der Waals surface area contributed by atoms with E-state index in [9.17, 15) is 5.11 Å². The minimum atomic E-state index is -0.529. The quantitative estimate of drug-likeness (QED) is 0.346. The minimum Gasteiger partial charge on any atom is -0.396 e. The molecule has 7 heteroatoms. The Morgan fingerprint density at radius 2 is 1.51 bits per heavy atom. The number of hydrogen-bond acceptors (Lipinski definition) is 7. The summed E-state index contributed by atoms with van der Waals surface area (Å²) >= 11 is 0. The van der Waals surface area contributed by atoms with Gasteiger partial charge < -0.3 is 33.5 Å². The van der Waals surface area contributed by atoms with Gasteiger partial charge in [-0.1, -0.05) is 58.0 Å². The molecule has 3 aliphatic heterocycles. The SMILES string of the molecule is CC1O[C@H]([C@@H](C)[C@H]2CC[C@H]3[C@@H]4CC5(OCCO5)[C@H]5C[C@@H]6OC(C)(C)O[C@@H]6C[C@]5(C)[C@H]4CC[C@]23C)[C@@H]([C@@H](c2ccccc2)[C@H](C)CO)O1. The van der Waals surface area contributed by atoms with Crippen molar-refractivity contribution in [2.75, 3.05) is 19.8 Å². The predicted octanol–water partition coefficient (Wildman–Crippen LogP) is 7.31. The highest BCUT2D eigenvalue weighted by atomic mass is 16.8. The molecule has 47 heavy (non-hydrogen) atoms. The van der Waals surface area contributed by atoms with Crippen LogP contribution in [0.25, 0.3) is 0 Å². The summed E-state index contributed by atoms with van der Waals surface area (Å²) in [5.74, 6) is 2.16. The van der Waals surface area contributed by atoms with Gasteiger partial charge in [-0.05, 0) is 111 Å². The Labute approximate surface area is 282 Å². The van der Waals surface area contributed by atoms with E-state index in [2.05, 4.69) is 71.9 Å². The normalized spacial score (nSPS) is 48.3. The van der Waals surface area contributed by atoms with Crippen molar-refractivity contribution < 1.29 is 33.5 Å². The van der Waals surface area contributed by atoms with Crippen LogP contribution in [0.2, 0.25) is 0 Å². The summed E-state index contributed by atoms with van der Waals surface area (Å²) in [6, 6.07) is 10.6. The Morgan fingerprint density at radius 1 is 0.830 bits per heavy atom. The molecule has 15 atom stereocenters. The lowest BCUT2D eigenvalue weighted by molar-refractivity contribution is -0.301. The topological polar surface area (TPSA) is 75.6 Å². The third kappa shape index (κ3) is 5.14. The van der Waals surface area contributed by atoms with Crippen LogP contribution in [0, 0.1) is 52.3 Å². The first-order chi connectivity index (χ1) is 22.4. The molecule has 4 saturated carbocycles. The van der Waals surface area contributed by atoms with Gasteiger partial charge in [0.2, 0.25) is 0 Å². The van der Waals surface area contributed by atoms with Gasteiger partial charge in [-0.3, -0.25) is 0 Å². The first kappa shape index (κ1) is 33.1. The van der Waals surface area contributed by atoms with Crippen LogP contribution in [-0.2, 0) is 28.4 Å². The molecule has 8 rings (SSSR count). The first-order valence-corrected chi connectivity index (χ1v) is 19.0. The molecule has 1 aromatic carbocycles. The zero-order valence-corrected chi connectivity index (χ0v) is 29.9. The Balaban J connectivity index is 1.08. The molecule has 3 saturated heterocycles. The molecule has 1 N–H and O–H groups in total. The maximum Gasteiger partial charge on any atom is 0.172 e. The summed E-state index contributed by atoms with van der Waals surface area (Å²) in [6.07, 6.45) is 7.89. The van der Waals surface area contributed by atoms with Crippen LogP contribution in [0.3, 0.4) is 0 Å². The lowest BCUT2D eigenvalue weighted by Gasteiger charge is -2.65. The summed E-state index contributed by atoms with van der Waals surface area (Å²) in [5, 5.41) is 10.4. The highest BCUT2D eigenvalue weighted by Crippen LogP contribution is 2.71. The maximum atomic E-state index is 10.4. The number of aliphatic hydroxyl groups excluding tert-OH is 1. The summed E-state index contributed by atoms with van der Waals surface area (Å²) < 4.78 is 39.9. The van der Waals surface area contributed by atoms with Crippen molar-refractivity contribution in [1.29, 1.82) is 0 Å². The van der Waals surface area contributed by atoms with Crippen molar-refractivity contribution in [2.45, 2.75) is 142 Å². The van der Waals surface area contributed by atoms with Gasteiger partial charge in [0.25, 0.3) is 0 Å². The van der Waals surface area contributed by atoms with Crippen LogP contribution in [-0.4, -0.2) is 67.2 Å². The third-order valence-corrected chi connectivity index (χ3v) is 15.0. The first-order valence-electron chi connectivity index (χ1n) is 19.0. The van der Waals surface area contributed by atoms with E-state index in [0.717, 1.165) is 19.3 Å². The van der Waals surface area contributed by atoms with Gasteiger partial charge >= 0.3 is 0 Å². The second-order valence-corrected chi connectivity index (χ2v) is 17.8. The van der Waals surface area contributed by atoms with Crippen molar-refractivity contribution in [3.05, 3.63) is 35.9 Å². The molecule has 1 unspecified atom stereocenters. The van der Waals surface area contributed by atoms with Crippen LogP contribution >= 0.6 is 0 Å². The molecule has 0 radical (unpaired) electrons. The van der Waals surface area contributed by atoms with Gasteiger partial charge in [-0.15, -0.1) is 0 Å². The Hall–Kier alpha value is -1.06. The monoisotopic (exact) mass is 652 g/mol. The van der Waals surface area contributed by atoms with Gasteiger partial charge in [0.1, 0.15) is 0 Å². The lowest BCUT2D eigenvalue weighted by atomic mass is 9.42. The number of rotatable bonds is 6. The van der Waals surface area contributed by atoms with E-state index in [0.29, 0.717) is 48.7 Å². The summed E-state index contributed by atoms with van der Waals surface area (Å²) in [4.78, 5) is 0. The van der Waals surface area contributed by atoms with Crippen molar-refractivity contribution in [3.8, 4) is 0 Å². The van der Waals surface area contributed by atoms with Gasteiger partial charge in [0, 0.05) is 24.9 Å². The molecule has 0 aromatic heterocycles. The fraction of sp³-hybridized carbons (Fsp3) is 0.850. The molecule has 7 fully saturated rings. The van der Waals surface area contributed by atoms with Gasteiger partial charge in [-0.25, -0.2) is 0 Å². The van der Waals surface area contributed by atoms with Crippen LogP contribution in [0.5, 0.6) is 0 Å². The van der Waals surface area contributed by atoms with Crippen LogP contribution in [0.15, 0.2) is 30.3 Å². The van der Waals surface area contributed by atoms with Gasteiger partial charge in [-0.2, -0.15) is 0 Å². The highest BCUT2D eigenvalue weighted by molar-refractivity contribution is 5.23. The molecule has 7 nitrogen and oxygen atoms in total. The smallest absolute Gasteiger partial charge is 0.172 e. The second-order valence-electron chi connectivity index (χ2n) is 17.8. The molecule has 0 bridgehead atoms. The zero-order chi connectivity index (χ0) is 32.9. The van der Waals surface area contributed by atoms with Crippen molar-refractivity contribution in [1.82, 2.24) is 0 Å². The van der Waals surface area contributed by atoms with E-state index >= 15 is 0 Å². The van der Waals surface area contributed by atoms with Crippen LogP contribution < -0.4 is 0 Å². The fourth-order valence-corrected chi connectivity index (χ4v) is 13.2. The lowest BCUT2D eigenvalue weighted by Crippen LogP contribution is -2.65. The summed E-state index contributed by atoms with van der Waals surface area (Å²) in [5.41, 5.74) is 1.54. The molecule has 0 amide bonds. The van der Waals surface area contributed by atoms with E-state index in [1.54, 1.807) is 0 Å². The molecule has 1 aromatic rings. The molecule has 262 valence electrons. The Morgan fingerprint density at radius 3 is 2.23 bits per heavy atom. The van der Waals surface area contributed by atoms with Crippen molar-refractivity contribution in [2.24, 2.45) is 52.3 Å². The second kappa shape index (κ2) is 11.7. The summed E-state index contributed by atoms with van der Waals surface area (Å²) in [7, 11) is 0. The van der Waals surface area contributed by atoms with Gasteiger partial charge in [0.05, 0.1) is 37.6 Å². The molecule has 7 aliphatic rings. The number of hydrogen-bond donors (Lipinski definition) is 1. The van der Waals surface area contributed by atoms with E-state index in [1.165, 1.54) is 31.2 Å². The average Bonchev–Trinajstić information content (AvgIpc) is 3.80. The van der Waals surface area contributed by atoms with Crippen LogP contribution in [0.4, 0.5) is 0 Å². The van der Waals surface area contributed by atoms with Crippen molar-refractivity contribution in [3.63, 3.8) is 0 Å². The largest absolute Gasteiger partial charge is 0.396 e. The Bertz CT molecular complexity index is 1280. The average molecular weight is 653 g/mol. The predicted molar refractivity (Wildman–Crippen MR) is 178 cm³/mol. The Kier molecular flexibility index (Phi) is 8.27. The number of ether oxygens (including phenoxy) is 6. The molecular formula is C40H60O7. The molecule has 4 aliphatic carbocycles. The van der Waals surface area contributed by atoms with Crippen molar-refractivity contribution >= 4 is 0 Å². The number of aliphatic hydroxyl groups is 1. The maximum absolute atomic E-state index is 10.4. The van der Waals surface area contributed by atoms with Gasteiger partial charge in [0.15, 0.2) is 17.9 Å². The van der Waals surface area contributed by atoms with Crippen LogP contribution in [0.1, 0.15) is 105 Å². The number of fused-ring (bicyclic) bond motifs is 7. The van der Waals surface area contributed by atoms with E-state index in [-0.39, 0.29) is 60.0 Å². The van der Waals surface area contributed by atoms with E-state index < -0.39 is 11.6 Å². The summed E-state index contributed by atoms with van der Waals surface area (Å²) in [6.45, 7) is 17.5. The van der Waals surface area contributed by atoms with E-state index in [1.807, 2.05) is 6.92 Å². The zero-order valence-electron chi connectivity index (χ0n) is 29.9. The van der Waals surface area contributed by atoms with E-state index in [4.69, 9.17) is 28.4 Å². The molecular weight excluding hydrogens is 592 g/mol. The highest BCUT2D eigenvalue weighted by Gasteiger charge is 2.70. The standard InChI is InChI=1S/C40H60O7/c1-23(22-41)34(26-11-9-8-10-12-26)36-35(44-25(3)45-36)24(2)28-13-14-29-27-20-40(42-17-18-43-40)33-19-31-32(47-37(4,5)46-31)21-39(33,7)30(27)15-16-38(28,29)6/h8-12,23-25,27-36,41H,13-22H2,1-7H3/t23-,24+,25?,27+,28-,29+,30+,31+,32-,33+,34-,35-,36-,38-,39-/m1/s1. The molecule has 3 heterocycles.